The van der Waals surface area contributed by atoms with Gasteiger partial charge in [0.25, 0.3) is 0 Å². The van der Waals surface area contributed by atoms with Crippen LogP contribution in [0.15, 0.2) is 27.7 Å². The Morgan fingerprint density at radius 1 is 1.27 bits per heavy atom. The lowest BCUT2D eigenvalue weighted by molar-refractivity contribution is -0.147. The molecule has 3 N–H and O–H groups in total. The van der Waals surface area contributed by atoms with Gasteiger partial charge in [-0.3, -0.25) is 9.59 Å². The van der Waals surface area contributed by atoms with Crippen molar-refractivity contribution in [1.82, 2.24) is 4.98 Å². The molecule has 9 nitrogen and oxygen atoms in total. The van der Waals surface area contributed by atoms with Crippen LogP contribution in [-0.4, -0.2) is 50.3 Å². The van der Waals surface area contributed by atoms with Gasteiger partial charge >= 0.3 is 5.97 Å². The Kier molecular flexibility index (Phi) is 13.2. The molecule has 0 spiro atoms. The number of carboxylic acid groups (broad SMARTS) is 1. The number of carboxylic acids is 1. The number of ketones is 1. The quantitative estimate of drug-likeness (QED) is 0.101. The van der Waals surface area contributed by atoms with Crippen LogP contribution in [0.1, 0.15) is 84.3 Å². The molecular weight excluding hydrogens is 492 g/mol. The first-order valence-corrected chi connectivity index (χ1v) is 13.5. The first-order valence-electron chi connectivity index (χ1n) is 12.6. The molecule has 0 aliphatic heterocycles. The molecule has 1 heterocycles. The van der Waals surface area contributed by atoms with E-state index in [4.69, 9.17) is 10.6 Å². The third-order valence-electron chi connectivity index (χ3n) is 6.99. The Balaban J connectivity index is 2.66. The SMILES string of the molecule is CC(=CC[C@H](N=[N+]=[N-])C(C)=Cc1csc(C)n1)CCC[C@H](C)[C@H](O)[C@@H](C)C(=O)C(C)(C)[C@@H](O)CC(=O)O. The third kappa shape index (κ3) is 10.4. The summed E-state index contributed by atoms with van der Waals surface area (Å²) in [6.45, 7) is 12.5. The van der Waals surface area contributed by atoms with E-state index in [1.165, 1.54) is 13.8 Å². The molecule has 0 amide bonds. The molecule has 5 atom stereocenters. The summed E-state index contributed by atoms with van der Waals surface area (Å²) in [6.07, 6.45) is 4.16. The number of hydrogen-bond donors (Lipinski definition) is 3. The standard InChI is InChI=1S/C27H42N4O5S/c1-16(11-12-22(30-31-28)18(3)13-21-15-37-20(5)29-21)9-8-10-17(2)25(35)19(4)26(36)27(6,7)23(32)14-24(33)34/h11,13,15,17,19,22-23,25,32,35H,8-10,12,14H2,1-7H3,(H,33,34)/t17-,19+,22-,23-,25-/m0/s1. The van der Waals surface area contributed by atoms with Gasteiger partial charge in [-0.05, 0) is 64.0 Å². The predicted octanol–water partition coefficient (Wildman–Crippen LogP) is 6.10. The number of azide groups is 1. The van der Waals surface area contributed by atoms with Crippen molar-refractivity contribution in [1.29, 1.82) is 0 Å². The van der Waals surface area contributed by atoms with Crippen LogP contribution >= 0.6 is 11.3 Å². The Hall–Kier alpha value is -2.52. The molecule has 0 radical (unpaired) electrons. The molecule has 0 bridgehead atoms. The van der Waals surface area contributed by atoms with E-state index >= 15 is 0 Å². The van der Waals surface area contributed by atoms with Gasteiger partial charge in [-0.15, -0.1) is 11.3 Å². The lowest BCUT2D eigenvalue weighted by atomic mass is 9.73. The van der Waals surface area contributed by atoms with Crippen molar-refractivity contribution in [3.8, 4) is 0 Å². The molecule has 0 unspecified atom stereocenters. The number of allylic oxidation sites excluding steroid dienone is 1. The molecule has 0 saturated carbocycles. The van der Waals surface area contributed by atoms with E-state index in [1.807, 2.05) is 39.2 Å². The van der Waals surface area contributed by atoms with Crippen LogP contribution in [-0.2, 0) is 9.59 Å². The fraction of sp³-hybridized carbons (Fsp3) is 0.667. The largest absolute Gasteiger partial charge is 0.481 e. The van der Waals surface area contributed by atoms with Crippen LogP contribution in [0.5, 0.6) is 0 Å². The molecule has 37 heavy (non-hydrogen) atoms. The molecule has 1 aromatic rings. The van der Waals surface area contributed by atoms with E-state index in [0.29, 0.717) is 12.8 Å². The van der Waals surface area contributed by atoms with E-state index in [1.54, 1.807) is 18.3 Å². The van der Waals surface area contributed by atoms with Gasteiger partial charge in [-0.2, -0.15) is 0 Å². The second-order valence-corrected chi connectivity index (χ2v) is 11.6. The molecular formula is C27H42N4O5S. The van der Waals surface area contributed by atoms with Crippen LogP contribution in [0.25, 0.3) is 16.5 Å². The molecule has 1 aromatic heterocycles. The Morgan fingerprint density at radius 2 is 1.92 bits per heavy atom. The molecule has 0 saturated heterocycles. The Morgan fingerprint density at radius 3 is 2.46 bits per heavy atom. The number of aromatic nitrogens is 1. The van der Waals surface area contributed by atoms with Crippen molar-refractivity contribution >= 4 is 29.2 Å². The molecule has 0 aliphatic carbocycles. The molecule has 0 aliphatic rings. The van der Waals surface area contributed by atoms with Crippen molar-refractivity contribution in [2.24, 2.45) is 22.4 Å². The first-order chi connectivity index (χ1) is 17.2. The Labute approximate surface area is 224 Å². The highest BCUT2D eigenvalue weighted by atomic mass is 32.1. The number of nitrogens with zero attached hydrogens (tertiary/aromatic N) is 4. The second kappa shape index (κ2) is 15.0. The van der Waals surface area contributed by atoms with Crippen molar-refractivity contribution in [2.75, 3.05) is 0 Å². The number of Topliss-reactive ketones (excluding diaryl/α,β-unsaturated/α-hetero) is 1. The average Bonchev–Trinajstić information content (AvgIpc) is 3.23. The maximum Gasteiger partial charge on any atom is 0.306 e. The predicted molar refractivity (Wildman–Crippen MR) is 147 cm³/mol. The number of aliphatic hydroxyl groups excluding tert-OH is 2. The van der Waals surface area contributed by atoms with E-state index in [0.717, 1.165) is 34.7 Å². The number of aliphatic hydroxyl groups is 2. The molecule has 10 heteroatoms. The summed E-state index contributed by atoms with van der Waals surface area (Å²) in [6, 6.07) is -0.297. The van der Waals surface area contributed by atoms with Crippen molar-refractivity contribution in [3.05, 3.63) is 43.7 Å². The Bertz CT molecular complexity index is 1030. The summed E-state index contributed by atoms with van der Waals surface area (Å²) < 4.78 is 0. The molecule has 206 valence electrons. The van der Waals surface area contributed by atoms with Crippen molar-refractivity contribution in [3.63, 3.8) is 0 Å². The van der Waals surface area contributed by atoms with Gasteiger partial charge in [0, 0.05) is 16.2 Å². The minimum atomic E-state index is -1.33. The minimum Gasteiger partial charge on any atom is -0.481 e. The van der Waals surface area contributed by atoms with E-state index in [9.17, 15) is 19.8 Å². The fourth-order valence-corrected chi connectivity index (χ4v) is 4.84. The van der Waals surface area contributed by atoms with E-state index < -0.39 is 35.9 Å². The topological polar surface area (TPSA) is 156 Å². The molecule has 0 aromatic carbocycles. The van der Waals surface area contributed by atoms with Gasteiger partial charge in [0.15, 0.2) is 0 Å². The maximum atomic E-state index is 12.9. The second-order valence-electron chi connectivity index (χ2n) is 10.5. The summed E-state index contributed by atoms with van der Waals surface area (Å²) >= 11 is 1.57. The van der Waals surface area contributed by atoms with Crippen molar-refractivity contribution in [2.45, 2.75) is 98.8 Å². The minimum absolute atomic E-state index is 0.151. The van der Waals surface area contributed by atoms with Crippen LogP contribution in [0.4, 0.5) is 0 Å². The number of aliphatic carboxylic acids is 1. The summed E-state index contributed by atoms with van der Waals surface area (Å²) in [5.41, 5.74) is 10.7. The monoisotopic (exact) mass is 534 g/mol. The van der Waals surface area contributed by atoms with Gasteiger partial charge in [0.1, 0.15) is 5.78 Å². The zero-order valence-electron chi connectivity index (χ0n) is 23.0. The summed E-state index contributed by atoms with van der Waals surface area (Å²) in [5.74, 6) is -2.41. The van der Waals surface area contributed by atoms with Gasteiger partial charge < -0.3 is 15.3 Å². The highest BCUT2D eigenvalue weighted by Crippen LogP contribution is 2.31. The average molecular weight is 535 g/mol. The smallest absolute Gasteiger partial charge is 0.306 e. The number of carbonyl (C=O) groups excluding carboxylic acids is 1. The van der Waals surface area contributed by atoms with E-state index in [2.05, 4.69) is 21.1 Å². The highest BCUT2D eigenvalue weighted by Gasteiger charge is 2.41. The summed E-state index contributed by atoms with van der Waals surface area (Å²) in [4.78, 5) is 31.3. The first kappa shape index (κ1) is 32.5. The highest BCUT2D eigenvalue weighted by molar-refractivity contribution is 7.09. The van der Waals surface area contributed by atoms with Gasteiger partial charge in [0.2, 0.25) is 0 Å². The van der Waals surface area contributed by atoms with Crippen molar-refractivity contribution < 1.29 is 24.9 Å². The van der Waals surface area contributed by atoms with Gasteiger partial charge in [0.05, 0.1) is 40.8 Å². The van der Waals surface area contributed by atoms with Crippen LogP contribution < -0.4 is 0 Å². The zero-order valence-corrected chi connectivity index (χ0v) is 23.8. The normalized spacial score (nSPS) is 16.9. The number of hydrogen-bond acceptors (Lipinski definition) is 7. The maximum absolute atomic E-state index is 12.9. The lowest BCUT2D eigenvalue weighted by Gasteiger charge is -2.34. The summed E-state index contributed by atoms with van der Waals surface area (Å²) in [7, 11) is 0. The van der Waals surface area contributed by atoms with Crippen LogP contribution in [0.2, 0.25) is 0 Å². The zero-order chi connectivity index (χ0) is 28.3. The van der Waals surface area contributed by atoms with Gasteiger partial charge in [-0.1, -0.05) is 50.0 Å². The number of rotatable bonds is 16. The number of carbonyl (C=O) groups is 2. The fourth-order valence-electron chi connectivity index (χ4n) is 4.27. The molecule has 1 rings (SSSR count). The lowest BCUT2D eigenvalue weighted by Crippen LogP contribution is -2.45. The molecule has 0 fully saturated rings. The number of thiazole rings is 1. The third-order valence-corrected chi connectivity index (χ3v) is 7.79. The number of aryl methyl sites for hydroxylation is 1. The van der Waals surface area contributed by atoms with Crippen LogP contribution in [0, 0.1) is 24.2 Å². The van der Waals surface area contributed by atoms with Crippen LogP contribution in [0.3, 0.4) is 0 Å². The van der Waals surface area contributed by atoms with E-state index in [-0.39, 0.29) is 17.7 Å². The van der Waals surface area contributed by atoms with Gasteiger partial charge in [-0.25, -0.2) is 4.98 Å². The summed E-state index contributed by atoms with van der Waals surface area (Å²) in [5, 5.41) is 36.8.